The maximum atomic E-state index is 12.9. The lowest BCUT2D eigenvalue weighted by atomic mass is 10.1. The van der Waals surface area contributed by atoms with Gasteiger partial charge in [0.25, 0.3) is 11.8 Å². The van der Waals surface area contributed by atoms with Gasteiger partial charge in [-0.2, -0.15) is 0 Å². The highest BCUT2D eigenvalue weighted by molar-refractivity contribution is 5.99. The largest absolute Gasteiger partial charge is 0.496 e. The Morgan fingerprint density at radius 1 is 0.893 bits per heavy atom. The van der Waals surface area contributed by atoms with E-state index in [0.29, 0.717) is 17.2 Å². The van der Waals surface area contributed by atoms with Crippen molar-refractivity contribution in [1.29, 1.82) is 0 Å². The van der Waals surface area contributed by atoms with E-state index in [-0.39, 0.29) is 11.3 Å². The predicted octanol–water partition coefficient (Wildman–Crippen LogP) is 2.08. The Morgan fingerprint density at radius 3 is 2.04 bits per heavy atom. The first kappa shape index (κ1) is 20.8. The normalized spacial score (nSPS) is 11.2. The number of carbonyl (C=O) groups is 2. The molecule has 2 N–H and O–H groups in total. The summed E-state index contributed by atoms with van der Waals surface area (Å²) in [5.74, 6) is -0.371. The van der Waals surface area contributed by atoms with Gasteiger partial charge in [-0.15, -0.1) is 0 Å². The third-order valence-corrected chi connectivity index (χ3v) is 3.75. The quantitative estimate of drug-likeness (QED) is 0.701. The lowest BCUT2D eigenvalue weighted by Crippen LogP contribution is -2.47. The number of halogens is 1. The van der Waals surface area contributed by atoms with E-state index >= 15 is 0 Å². The number of amides is 2. The van der Waals surface area contributed by atoms with Crippen LogP contribution >= 0.6 is 0 Å². The molecule has 0 heterocycles. The van der Waals surface area contributed by atoms with Gasteiger partial charge < -0.3 is 18.9 Å². The number of hydrogen-bond acceptors (Lipinski definition) is 6. The van der Waals surface area contributed by atoms with Gasteiger partial charge in [0.15, 0.2) is 17.6 Å². The van der Waals surface area contributed by atoms with Gasteiger partial charge in [-0.25, -0.2) is 4.39 Å². The van der Waals surface area contributed by atoms with Gasteiger partial charge in [0.05, 0.1) is 26.9 Å². The Labute approximate surface area is 161 Å². The topological polar surface area (TPSA) is 95.1 Å². The fraction of sp³-hybridized carbons (Fsp3) is 0.263. The van der Waals surface area contributed by atoms with Crippen LogP contribution in [0.25, 0.3) is 0 Å². The smallest absolute Gasteiger partial charge is 0.279 e. The maximum Gasteiger partial charge on any atom is 0.279 e. The van der Waals surface area contributed by atoms with Crippen molar-refractivity contribution in [2.75, 3.05) is 21.3 Å². The minimum atomic E-state index is -0.932. The summed E-state index contributed by atoms with van der Waals surface area (Å²) < 4.78 is 33.8. The van der Waals surface area contributed by atoms with E-state index in [9.17, 15) is 14.0 Å². The van der Waals surface area contributed by atoms with Crippen LogP contribution < -0.4 is 29.8 Å². The Bertz CT molecular complexity index is 841. The number of methoxy groups -OCH3 is 3. The highest BCUT2D eigenvalue weighted by Crippen LogP contribution is 2.34. The Hall–Kier alpha value is -3.49. The zero-order valence-electron chi connectivity index (χ0n) is 15.9. The van der Waals surface area contributed by atoms with Crippen LogP contribution in [-0.4, -0.2) is 39.2 Å². The number of nitrogens with one attached hydrogen (secondary N) is 2. The summed E-state index contributed by atoms with van der Waals surface area (Å²) in [4.78, 5) is 24.6. The fourth-order valence-electron chi connectivity index (χ4n) is 2.26. The molecule has 0 bridgehead atoms. The third-order valence-electron chi connectivity index (χ3n) is 3.75. The summed E-state index contributed by atoms with van der Waals surface area (Å²) in [5.41, 5.74) is 4.68. The third kappa shape index (κ3) is 5.03. The molecule has 0 aliphatic rings. The summed E-state index contributed by atoms with van der Waals surface area (Å²) in [7, 11) is 4.29. The second kappa shape index (κ2) is 9.45. The minimum absolute atomic E-state index is 0.132. The molecular weight excluding hydrogens is 371 g/mol. The molecule has 0 radical (unpaired) electrons. The molecule has 0 fully saturated rings. The second-order valence-corrected chi connectivity index (χ2v) is 5.56. The molecule has 0 saturated carbocycles. The van der Waals surface area contributed by atoms with Crippen molar-refractivity contribution >= 4 is 11.8 Å². The summed E-state index contributed by atoms with van der Waals surface area (Å²) in [6.45, 7) is 1.49. The molecular formula is C19H21FN2O6. The number of rotatable bonds is 7. The SMILES string of the molecule is COc1cc(OC)c(C(=O)NNC(=O)[C@H](C)Oc2ccc(F)cc2)cc1OC. The van der Waals surface area contributed by atoms with Crippen LogP contribution in [0.4, 0.5) is 4.39 Å². The lowest BCUT2D eigenvalue weighted by Gasteiger charge is -2.16. The van der Waals surface area contributed by atoms with Gasteiger partial charge in [0, 0.05) is 12.1 Å². The molecule has 9 heteroatoms. The van der Waals surface area contributed by atoms with E-state index in [1.807, 2.05) is 0 Å². The van der Waals surface area contributed by atoms with E-state index < -0.39 is 23.7 Å². The van der Waals surface area contributed by atoms with Gasteiger partial charge in [0.1, 0.15) is 17.3 Å². The molecule has 28 heavy (non-hydrogen) atoms. The molecule has 0 aliphatic heterocycles. The average molecular weight is 392 g/mol. The molecule has 2 aromatic carbocycles. The highest BCUT2D eigenvalue weighted by Gasteiger charge is 2.20. The van der Waals surface area contributed by atoms with Gasteiger partial charge in [-0.05, 0) is 31.2 Å². The van der Waals surface area contributed by atoms with Gasteiger partial charge >= 0.3 is 0 Å². The molecule has 2 amide bonds. The minimum Gasteiger partial charge on any atom is -0.496 e. The van der Waals surface area contributed by atoms with Crippen molar-refractivity contribution in [2.45, 2.75) is 13.0 Å². The molecule has 0 spiro atoms. The number of hydrogen-bond donors (Lipinski definition) is 2. The van der Waals surface area contributed by atoms with E-state index in [4.69, 9.17) is 18.9 Å². The van der Waals surface area contributed by atoms with E-state index in [2.05, 4.69) is 10.9 Å². The fourth-order valence-corrected chi connectivity index (χ4v) is 2.26. The first-order valence-electron chi connectivity index (χ1n) is 8.22. The van der Waals surface area contributed by atoms with E-state index in [1.165, 1.54) is 64.7 Å². The van der Waals surface area contributed by atoms with Crippen molar-refractivity contribution in [1.82, 2.24) is 10.9 Å². The van der Waals surface area contributed by atoms with Crippen LogP contribution in [0.2, 0.25) is 0 Å². The number of hydrazine groups is 1. The Kier molecular flexibility index (Phi) is 7.02. The second-order valence-electron chi connectivity index (χ2n) is 5.56. The summed E-state index contributed by atoms with van der Waals surface area (Å²) >= 11 is 0. The number of benzene rings is 2. The van der Waals surface area contributed by atoms with Gasteiger partial charge in [0.2, 0.25) is 0 Å². The Morgan fingerprint density at radius 2 is 1.46 bits per heavy atom. The summed E-state index contributed by atoms with van der Waals surface area (Å²) in [6.07, 6.45) is -0.932. The summed E-state index contributed by atoms with van der Waals surface area (Å²) in [6, 6.07) is 8.14. The summed E-state index contributed by atoms with van der Waals surface area (Å²) in [5, 5.41) is 0. The first-order valence-corrected chi connectivity index (χ1v) is 8.22. The monoisotopic (exact) mass is 392 g/mol. The zero-order chi connectivity index (χ0) is 20.7. The predicted molar refractivity (Wildman–Crippen MR) is 98.2 cm³/mol. The Balaban J connectivity index is 2.02. The first-order chi connectivity index (χ1) is 13.4. The standard InChI is InChI=1S/C19H21FN2O6/c1-11(28-13-7-5-12(20)6-8-13)18(23)21-22-19(24)14-9-16(26-3)17(27-4)10-15(14)25-2/h5-11H,1-4H3,(H,21,23)(H,22,24)/t11-/m0/s1. The number of carbonyl (C=O) groups excluding carboxylic acids is 2. The van der Waals surface area contributed by atoms with Crippen LogP contribution in [0.15, 0.2) is 36.4 Å². The molecule has 0 saturated heterocycles. The van der Waals surface area contributed by atoms with Crippen LogP contribution in [0.1, 0.15) is 17.3 Å². The lowest BCUT2D eigenvalue weighted by molar-refractivity contribution is -0.128. The maximum absolute atomic E-state index is 12.9. The number of ether oxygens (including phenoxy) is 4. The molecule has 0 aliphatic carbocycles. The molecule has 2 rings (SSSR count). The zero-order valence-corrected chi connectivity index (χ0v) is 15.9. The molecule has 1 atom stereocenters. The van der Waals surface area contributed by atoms with Crippen LogP contribution in [-0.2, 0) is 4.79 Å². The average Bonchev–Trinajstić information content (AvgIpc) is 2.72. The molecule has 8 nitrogen and oxygen atoms in total. The molecule has 150 valence electrons. The highest BCUT2D eigenvalue weighted by atomic mass is 19.1. The van der Waals surface area contributed by atoms with Crippen LogP contribution in [0.3, 0.4) is 0 Å². The van der Waals surface area contributed by atoms with Crippen molar-refractivity contribution < 1.29 is 32.9 Å². The van der Waals surface area contributed by atoms with Crippen LogP contribution in [0.5, 0.6) is 23.0 Å². The molecule has 2 aromatic rings. The van der Waals surface area contributed by atoms with E-state index in [0.717, 1.165) is 0 Å². The van der Waals surface area contributed by atoms with Crippen molar-refractivity contribution in [3.63, 3.8) is 0 Å². The van der Waals surface area contributed by atoms with Crippen molar-refractivity contribution in [2.24, 2.45) is 0 Å². The van der Waals surface area contributed by atoms with E-state index in [1.54, 1.807) is 0 Å². The molecule has 0 unspecified atom stereocenters. The van der Waals surface area contributed by atoms with Crippen molar-refractivity contribution in [3.8, 4) is 23.0 Å². The van der Waals surface area contributed by atoms with Crippen LogP contribution in [0, 0.1) is 5.82 Å². The molecule has 0 aromatic heterocycles. The van der Waals surface area contributed by atoms with Crippen molar-refractivity contribution in [3.05, 3.63) is 47.8 Å². The van der Waals surface area contributed by atoms with Gasteiger partial charge in [-0.1, -0.05) is 0 Å². The van der Waals surface area contributed by atoms with Gasteiger partial charge in [-0.3, -0.25) is 20.4 Å².